The van der Waals surface area contributed by atoms with Gasteiger partial charge in [-0.3, -0.25) is 0 Å². The molecule has 1 aliphatic carbocycles. The van der Waals surface area contributed by atoms with Crippen molar-refractivity contribution in [2.75, 3.05) is 6.54 Å². The second-order valence-corrected chi connectivity index (χ2v) is 6.70. The van der Waals surface area contributed by atoms with Gasteiger partial charge < -0.3 is 5.32 Å². The van der Waals surface area contributed by atoms with Gasteiger partial charge in [-0.05, 0) is 50.0 Å². The predicted octanol–water partition coefficient (Wildman–Crippen LogP) is 4.37. The van der Waals surface area contributed by atoms with Crippen LogP contribution in [0.25, 0.3) is 0 Å². The van der Waals surface area contributed by atoms with Gasteiger partial charge in [-0.2, -0.15) is 0 Å². The van der Waals surface area contributed by atoms with Gasteiger partial charge in [0.15, 0.2) is 0 Å². The molecule has 1 unspecified atom stereocenters. The van der Waals surface area contributed by atoms with Crippen LogP contribution in [-0.2, 0) is 0 Å². The van der Waals surface area contributed by atoms with E-state index in [1.807, 2.05) is 0 Å². The molecule has 0 saturated heterocycles. The Bertz CT molecular complexity index is 176. The van der Waals surface area contributed by atoms with Gasteiger partial charge in [-0.15, -0.1) is 0 Å². The third kappa shape index (κ3) is 6.52. The van der Waals surface area contributed by atoms with Crippen LogP contribution in [0.3, 0.4) is 0 Å². The number of rotatable bonds is 8. The molecule has 0 aromatic carbocycles. The van der Waals surface area contributed by atoms with E-state index in [0.717, 1.165) is 12.0 Å². The van der Waals surface area contributed by atoms with E-state index in [-0.39, 0.29) is 0 Å². The maximum absolute atomic E-state index is 3.73. The number of hydrogen-bond donors (Lipinski definition) is 1. The maximum Gasteiger partial charge on any atom is 0.00953 e. The van der Waals surface area contributed by atoms with Crippen molar-refractivity contribution < 1.29 is 0 Å². The van der Waals surface area contributed by atoms with Gasteiger partial charge in [0.25, 0.3) is 0 Å². The van der Waals surface area contributed by atoms with Gasteiger partial charge in [0.2, 0.25) is 0 Å². The Labute approximate surface area is 102 Å². The average Bonchev–Trinajstić information content (AvgIpc) is 2.98. The van der Waals surface area contributed by atoms with E-state index in [0.29, 0.717) is 5.41 Å². The summed E-state index contributed by atoms with van der Waals surface area (Å²) in [5.41, 5.74) is 0.520. The summed E-state index contributed by atoms with van der Waals surface area (Å²) in [7, 11) is 0. The van der Waals surface area contributed by atoms with E-state index in [1.54, 1.807) is 0 Å². The molecule has 96 valence electrons. The van der Waals surface area contributed by atoms with E-state index in [4.69, 9.17) is 0 Å². The highest BCUT2D eigenvalue weighted by Gasteiger charge is 2.30. The van der Waals surface area contributed by atoms with E-state index in [1.165, 1.54) is 51.5 Å². The van der Waals surface area contributed by atoms with Crippen molar-refractivity contribution in [3.8, 4) is 0 Å². The molecule has 0 aromatic rings. The standard InChI is InChI=1S/C15H31N/c1-5-12-16-14(13-9-10-13)8-6-7-11-15(2,3)4/h13-14,16H,5-12H2,1-4H3. The molecular formula is C15H31N. The molecule has 1 heteroatoms. The highest BCUT2D eigenvalue weighted by atomic mass is 14.9. The fourth-order valence-electron chi connectivity index (χ4n) is 2.35. The third-order valence-corrected chi connectivity index (χ3v) is 3.54. The number of nitrogens with one attached hydrogen (secondary N) is 1. The second kappa shape index (κ2) is 6.64. The maximum atomic E-state index is 3.73. The molecule has 0 aromatic heterocycles. The quantitative estimate of drug-likeness (QED) is 0.605. The minimum Gasteiger partial charge on any atom is -0.314 e. The van der Waals surface area contributed by atoms with Crippen LogP contribution in [0.4, 0.5) is 0 Å². The van der Waals surface area contributed by atoms with Gasteiger partial charge in [-0.25, -0.2) is 0 Å². The summed E-state index contributed by atoms with van der Waals surface area (Å²) in [6.07, 6.45) is 9.81. The van der Waals surface area contributed by atoms with Gasteiger partial charge in [0, 0.05) is 6.04 Å². The van der Waals surface area contributed by atoms with E-state index in [2.05, 4.69) is 33.0 Å². The number of hydrogen-bond acceptors (Lipinski definition) is 1. The molecule has 16 heavy (non-hydrogen) atoms. The zero-order valence-corrected chi connectivity index (χ0v) is 11.8. The van der Waals surface area contributed by atoms with Crippen molar-refractivity contribution in [3.05, 3.63) is 0 Å². The van der Waals surface area contributed by atoms with Gasteiger partial charge in [0.05, 0.1) is 0 Å². The lowest BCUT2D eigenvalue weighted by Crippen LogP contribution is -2.31. The van der Waals surface area contributed by atoms with Crippen LogP contribution in [0.5, 0.6) is 0 Å². The van der Waals surface area contributed by atoms with Crippen molar-refractivity contribution in [1.82, 2.24) is 5.32 Å². The lowest BCUT2D eigenvalue weighted by molar-refractivity contribution is 0.343. The van der Waals surface area contributed by atoms with Crippen molar-refractivity contribution in [2.24, 2.45) is 11.3 Å². The molecule has 1 rings (SSSR count). The van der Waals surface area contributed by atoms with Crippen molar-refractivity contribution in [1.29, 1.82) is 0 Å². The number of unbranched alkanes of at least 4 members (excludes halogenated alkanes) is 1. The molecule has 1 aliphatic rings. The lowest BCUT2D eigenvalue weighted by atomic mass is 9.89. The van der Waals surface area contributed by atoms with Crippen molar-refractivity contribution in [2.45, 2.75) is 78.7 Å². The largest absolute Gasteiger partial charge is 0.314 e. The monoisotopic (exact) mass is 225 g/mol. The second-order valence-electron chi connectivity index (χ2n) is 6.70. The Morgan fingerprint density at radius 2 is 1.88 bits per heavy atom. The van der Waals surface area contributed by atoms with Gasteiger partial charge >= 0.3 is 0 Å². The Hall–Kier alpha value is -0.0400. The highest BCUT2D eigenvalue weighted by molar-refractivity contribution is 4.86. The molecule has 0 amide bonds. The Kier molecular flexibility index (Phi) is 5.82. The molecule has 0 bridgehead atoms. The smallest absolute Gasteiger partial charge is 0.00953 e. The summed E-state index contributed by atoms with van der Waals surface area (Å²) in [5.74, 6) is 1.01. The Balaban J connectivity index is 2.08. The summed E-state index contributed by atoms with van der Waals surface area (Å²) in [6.45, 7) is 10.5. The summed E-state index contributed by atoms with van der Waals surface area (Å²) >= 11 is 0. The average molecular weight is 225 g/mol. The molecule has 1 fully saturated rings. The third-order valence-electron chi connectivity index (χ3n) is 3.54. The van der Waals surface area contributed by atoms with Crippen LogP contribution < -0.4 is 5.32 Å². The summed E-state index contributed by atoms with van der Waals surface area (Å²) < 4.78 is 0. The Morgan fingerprint density at radius 3 is 2.38 bits per heavy atom. The topological polar surface area (TPSA) is 12.0 Å². The highest BCUT2D eigenvalue weighted by Crippen LogP contribution is 2.35. The van der Waals surface area contributed by atoms with Crippen LogP contribution >= 0.6 is 0 Å². The van der Waals surface area contributed by atoms with Crippen molar-refractivity contribution >= 4 is 0 Å². The SMILES string of the molecule is CCCNC(CCCCC(C)(C)C)C1CC1. The normalized spacial score (nSPS) is 18.8. The van der Waals surface area contributed by atoms with E-state index >= 15 is 0 Å². The molecule has 1 nitrogen and oxygen atoms in total. The first kappa shape index (κ1) is 14.0. The zero-order chi connectivity index (χ0) is 12.0. The first-order chi connectivity index (χ1) is 7.53. The van der Waals surface area contributed by atoms with Gasteiger partial charge in [0.1, 0.15) is 0 Å². The molecule has 1 saturated carbocycles. The molecular weight excluding hydrogens is 194 g/mol. The van der Waals surface area contributed by atoms with Crippen LogP contribution in [0.2, 0.25) is 0 Å². The van der Waals surface area contributed by atoms with Gasteiger partial charge in [-0.1, -0.05) is 40.5 Å². The molecule has 0 heterocycles. The van der Waals surface area contributed by atoms with Crippen LogP contribution in [0.1, 0.15) is 72.6 Å². The summed E-state index contributed by atoms with van der Waals surface area (Å²) in [5, 5.41) is 3.73. The molecule has 0 radical (unpaired) electrons. The van der Waals surface area contributed by atoms with Crippen LogP contribution in [-0.4, -0.2) is 12.6 Å². The van der Waals surface area contributed by atoms with E-state index in [9.17, 15) is 0 Å². The first-order valence-corrected chi connectivity index (χ1v) is 7.26. The van der Waals surface area contributed by atoms with Crippen molar-refractivity contribution in [3.63, 3.8) is 0 Å². The minimum atomic E-state index is 0.520. The minimum absolute atomic E-state index is 0.520. The lowest BCUT2D eigenvalue weighted by Gasteiger charge is -2.20. The Morgan fingerprint density at radius 1 is 1.19 bits per heavy atom. The molecule has 0 aliphatic heterocycles. The first-order valence-electron chi connectivity index (χ1n) is 7.26. The van der Waals surface area contributed by atoms with E-state index < -0.39 is 0 Å². The van der Waals surface area contributed by atoms with Crippen LogP contribution in [0.15, 0.2) is 0 Å². The summed E-state index contributed by atoms with van der Waals surface area (Å²) in [6, 6.07) is 0.833. The van der Waals surface area contributed by atoms with Crippen LogP contribution in [0, 0.1) is 11.3 Å². The summed E-state index contributed by atoms with van der Waals surface area (Å²) in [4.78, 5) is 0. The fourth-order valence-corrected chi connectivity index (χ4v) is 2.35. The molecule has 1 N–H and O–H groups in total. The zero-order valence-electron chi connectivity index (χ0n) is 11.8. The molecule has 1 atom stereocenters. The fraction of sp³-hybridized carbons (Fsp3) is 1.00. The predicted molar refractivity (Wildman–Crippen MR) is 72.7 cm³/mol. The molecule has 0 spiro atoms.